The summed E-state index contributed by atoms with van der Waals surface area (Å²) in [5.41, 5.74) is 8.88. The lowest BCUT2D eigenvalue weighted by atomic mass is 9.79. The third-order valence-corrected chi connectivity index (χ3v) is 3.76. The fourth-order valence-electron chi connectivity index (χ4n) is 2.46. The topological polar surface area (TPSA) is 0 Å². The van der Waals surface area contributed by atoms with Gasteiger partial charge in [-0.3, -0.25) is 0 Å². The van der Waals surface area contributed by atoms with Crippen molar-refractivity contribution in [3.05, 3.63) is 45.6 Å². The molecule has 0 saturated heterocycles. The molecule has 1 unspecified atom stereocenters. The van der Waals surface area contributed by atoms with Crippen LogP contribution < -0.4 is 0 Å². The van der Waals surface area contributed by atoms with Crippen molar-refractivity contribution in [2.75, 3.05) is 0 Å². The number of rotatable bonds is 0. The minimum absolute atomic E-state index is 0.568. The predicted octanol–water partition coefficient (Wildman–Crippen LogP) is 4.18. The first-order valence-corrected chi connectivity index (χ1v) is 5.28. The summed E-state index contributed by atoms with van der Waals surface area (Å²) >= 11 is 0. The second kappa shape index (κ2) is 2.98. The van der Waals surface area contributed by atoms with Crippen molar-refractivity contribution in [2.45, 2.75) is 34.6 Å². The maximum atomic E-state index is 2.38. The molecule has 14 heavy (non-hydrogen) atoms. The van der Waals surface area contributed by atoms with E-state index in [0.717, 1.165) is 0 Å². The first-order valence-electron chi connectivity index (χ1n) is 5.28. The van der Waals surface area contributed by atoms with Gasteiger partial charge in [0.2, 0.25) is 0 Å². The summed E-state index contributed by atoms with van der Waals surface area (Å²) in [4.78, 5) is 0. The van der Waals surface area contributed by atoms with Crippen molar-refractivity contribution in [3.8, 4) is 0 Å². The molecule has 0 spiro atoms. The summed E-state index contributed by atoms with van der Waals surface area (Å²) < 4.78 is 0. The van der Waals surface area contributed by atoms with Gasteiger partial charge in [0.1, 0.15) is 0 Å². The van der Waals surface area contributed by atoms with E-state index < -0.39 is 0 Å². The Hall–Kier alpha value is -1.04. The Morgan fingerprint density at radius 2 is 1.50 bits per heavy atom. The molecule has 0 radical (unpaired) electrons. The van der Waals surface area contributed by atoms with Crippen molar-refractivity contribution in [2.24, 2.45) is 5.92 Å². The van der Waals surface area contributed by atoms with Gasteiger partial charge in [-0.15, -0.1) is 0 Å². The van der Waals surface area contributed by atoms with Crippen LogP contribution in [0.3, 0.4) is 0 Å². The summed E-state index contributed by atoms with van der Waals surface area (Å²) in [5, 5.41) is 0. The van der Waals surface area contributed by atoms with Crippen LogP contribution in [0.2, 0.25) is 0 Å². The van der Waals surface area contributed by atoms with E-state index in [0.29, 0.717) is 5.92 Å². The molecule has 0 heteroatoms. The van der Waals surface area contributed by atoms with Crippen molar-refractivity contribution in [1.82, 2.24) is 0 Å². The van der Waals surface area contributed by atoms with Gasteiger partial charge >= 0.3 is 0 Å². The highest BCUT2D eigenvalue weighted by Crippen LogP contribution is 2.42. The Morgan fingerprint density at radius 3 is 2.14 bits per heavy atom. The van der Waals surface area contributed by atoms with Gasteiger partial charge in [-0.05, 0) is 56.9 Å². The van der Waals surface area contributed by atoms with Crippen LogP contribution in [0.15, 0.2) is 45.6 Å². The number of hydrogen-bond acceptors (Lipinski definition) is 0. The summed E-state index contributed by atoms with van der Waals surface area (Å²) in [6.45, 7) is 11.2. The average molecular weight is 186 g/mol. The summed E-state index contributed by atoms with van der Waals surface area (Å²) in [5.74, 6) is 0.568. The fourth-order valence-corrected chi connectivity index (χ4v) is 2.46. The normalized spacial score (nSPS) is 26.5. The minimum Gasteiger partial charge on any atom is -0.0700 e. The molecule has 2 rings (SSSR count). The molecular weight excluding hydrogens is 168 g/mol. The van der Waals surface area contributed by atoms with E-state index in [-0.39, 0.29) is 0 Å². The summed E-state index contributed by atoms with van der Waals surface area (Å²) in [6.07, 6.45) is 4.71. The maximum absolute atomic E-state index is 2.38. The smallest absolute Gasteiger partial charge is 0.0239 e. The third kappa shape index (κ3) is 1.13. The molecule has 2 aliphatic carbocycles. The minimum atomic E-state index is 0.568. The molecule has 0 aromatic carbocycles. The Morgan fingerprint density at radius 1 is 0.857 bits per heavy atom. The van der Waals surface area contributed by atoms with E-state index in [1.54, 1.807) is 0 Å². The number of hydrogen-bond donors (Lipinski definition) is 0. The maximum Gasteiger partial charge on any atom is 0.0239 e. The number of allylic oxidation sites excluding steroid dienone is 8. The van der Waals surface area contributed by atoms with Crippen LogP contribution in [-0.4, -0.2) is 0 Å². The van der Waals surface area contributed by atoms with E-state index in [4.69, 9.17) is 0 Å². The standard InChI is InChI=1S/C14H18/c1-8-6-13-11(4)9(2)10(3)12(5)14(13)7-8/h6-7,13H,1-5H3. The molecular formula is C14H18. The lowest BCUT2D eigenvalue weighted by Gasteiger charge is -2.26. The molecule has 0 nitrogen and oxygen atoms in total. The Balaban J connectivity index is 2.62. The molecule has 0 fully saturated rings. The Kier molecular flexibility index (Phi) is 2.02. The Bertz CT molecular complexity index is 409. The quantitative estimate of drug-likeness (QED) is 0.532. The van der Waals surface area contributed by atoms with Gasteiger partial charge in [0.25, 0.3) is 0 Å². The molecule has 1 atom stereocenters. The van der Waals surface area contributed by atoms with Crippen molar-refractivity contribution in [3.63, 3.8) is 0 Å². The van der Waals surface area contributed by atoms with Crippen molar-refractivity contribution < 1.29 is 0 Å². The van der Waals surface area contributed by atoms with Crippen molar-refractivity contribution >= 4 is 0 Å². The largest absolute Gasteiger partial charge is 0.0700 e. The molecule has 0 saturated carbocycles. The highest BCUT2D eigenvalue weighted by molar-refractivity contribution is 5.59. The lowest BCUT2D eigenvalue weighted by molar-refractivity contribution is 0.865. The van der Waals surface area contributed by atoms with Crippen LogP contribution in [0.1, 0.15) is 34.6 Å². The highest BCUT2D eigenvalue weighted by atomic mass is 14.3. The SMILES string of the molecule is CC1=CC2C(=C1)C(C)=C(C)C(C)=C2C. The van der Waals surface area contributed by atoms with E-state index in [1.165, 1.54) is 33.4 Å². The van der Waals surface area contributed by atoms with Crippen LogP contribution >= 0.6 is 0 Å². The van der Waals surface area contributed by atoms with Crippen molar-refractivity contribution in [1.29, 1.82) is 0 Å². The van der Waals surface area contributed by atoms with Crippen LogP contribution in [-0.2, 0) is 0 Å². The average Bonchev–Trinajstić information content (AvgIpc) is 2.54. The van der Waals surface area contributed by atoms with Gasteiger partial charge < -0.3 is 0 Å². The fraction of sp³-hybridized carbons (Fsp3) is 0.429. The molecule has 0 aromatic rings. The monoisotopic (exact) mass is 186 g/mol. The van der Waals surface area contributed by atoms with Gasteiger partial charge in [-0.25, -0.2) is 0 Å². The predicted molar refractivity (Wildman–Crippen MR) is 62.1 cm³/mol. The van der Waals surface area contributed by atoms with E-state index in [1.807, 2.05) is 0 Å². The second-order valence-electron chi connectivity index (χ2n) is 4.55. The van der Waals surface area contributed by atoms with Gasteiger partial charge in [0.15, 0.2) is 0 Å². The first kappa shape index (κ1) is 9.51. The summed E-state index contributed by atoms with van der Waals surface area (Å²) in [7, 11) is 0. The molecule has 0 aromatic heterocycles. The van der Waals surface area contributed by atoms with Crippen LogP contribution in [0.25, 0.3) is 0 Å². The van der Waals surface area contributed by atoms with E-state index >= 15 is 0 Å². The zero-order chi connectivity index (χ0) is 10.5. The van der Waals surface area contributed by atoms with Gasteiger partial charge in [-0.1, -0.05) is 23.3 Å². The molecule has 0 bridgehead atoms. The lowest BCUT2D eigenvalue weighted by Crippen LogP contribution is -2.10. The van der Waals surface area contributed by atoms with Gasteiger partial charge in [-0.2, -0.15) is 0 Å². The molecule has 74 valence electrons. The van der Waals surface area contributed by atoms with Crippen LogP contribution in [0.4, 0.5) is 0 Å². The zero-order valence-corrected chi connectivity index (χ0v) is 9.73. The highest BCUT2D eigenvalue weighted by Gasteiger charge is 2.26. The molecule has 2 aliphatic rings. The first-order chi connectivity index (χ1) is 6.52. The molecule has 0 aliphatic heterocycles. The van der Waals surface area contributed by atoms with E-state index in [9.17, 15) is 0 Å². The number of fused-ring (bicyclic) bond motifs is 1. The Labute approximate surface area is 86.7 Å². The van der Waals surface area contributed by atoms with Crippen LogP contribution in [0.5, 0.6) is 0 Å². The molecule has 0 N–H and O–H groups in total. The zero-order valence-electron chi connectivity index (χ0n) is 9.73. The van der Waals surface area contributed by atoms with Gasteiger partial charge in [0, 0.05) is 5.92 Å². The second-order valence-corrected chi connectivity index (χ2v) is 4.55. The molecule has 0 heterocycles. The summed E-state index contributed by atoms with van der Waals surface area (Å²) in [6, 6.07) is 0. The van der Waals surface area contributed by atoms with Crippen LogP contribution in [0, 0.1) is 5.92 Å². The third-order valence-electron chi connectivity index (χ3n) is 3.76. The molecule has 0 amide bonds. The van der Waals surface area contributed by atoms with Gasteiger partial charge in [0.05, 0.1) is 0 Å². The van der Waals surface area contributed by atoms with E-state index in [2.05, 4.69) is 46.8 Å².